The number of benzene rings is 1. The van der Waals surface area contributed by atoms with Crippen LogP contribution in [0.5, 0.6) is 5.75 Å². The van der Waals surface area contributed by atoms with E-state index in [9.17, 15) is 0 Å². The van der Waals surface area contributed by atoms with Crippen molar-refractivity contribution in [1.29, 1.82) is 0 Å². The predicted octanol–water partition coefficient (Wildman–Crippen LogP) is 1.96. The summed E-state index contributed by atoms with van der Waals surface area (Å²) in [5.41, 5.74) is 7.86. The molecule has 0 amide bonds. The second-order valence-corrected chi connectivity index (χ2v) is 4.62. The number of hydrogen-bond acceptors (Lipinski definition) is 3. The Morgan fingerprint density at radius 3 is 2.81 bits per heavy atom. The smallest absolute Gasteiger partial charge is 0.141 e. The SMILES string of the molecule is COc1ccc(CC(C)NC2CC2)cc1N. The Labute approximate surface area is 97.0 Å². The van der Waals surface area contributed by atoms with Crippen molar-refractivity contribution in [2.24, 2.45) is 0 Å². The van der Waals surface area contributed by atoms with Crippen molar-refractivity contribution in [3.05, 3.63) is 23.8 Å². The molecule has 3 heteroatoms. The summed E-state index contributed by atoms with van der Waals surface area (Å²) in [6, 6.07) is 7.30. The van der Waals surface area contributed by atoms with Crippen LogP contribution >= 0.6 is 0 Å². The fourth-order valence-corrected chi connectivity index (χ4v) is 1.98. The molecule has 0 bridgehead atoms. The molecule has 0 heterocycles. The number of rotatable bonds is 5. The molecule has 1 unspecified atom stereocenters. The topological polar surface area (TPSA) is 47.3 Å². The van der Waals surface area contributed by atoms with Gasteiger partial charge in [-0.05, 0) is 43.9 Å². The van der Waals surface area contributed by atoms with Crippen LogP contribution in [0.15, 0.2) is 18.2 Å². The number of nitrogens with one attached hydrogen (secondary N) is 1. The molecule has 1 aromatic carbocycles. The third kappa shape index (κ3) is 2.89. The van der Waals surface area contributed by atoms with Crippen LogP contribution in [0.1, 0.15) is 25.3 Å². The van der Waals surface area contributed by atoms with E-state index >= 15 is 0 Å². The van der Waals surface area contributed by atoms with Crippen molar-refractivity contribution >= 4 is 5.69 Å². The molecule has 2 rings (SSSR count). The largest absolute Gasteiger partial charge is 0.495 e. The Bertz CT molecular complexity index is 361. The van der Waals surface area contributed by atoms with Gasteiger partial charge in [0.05, 0.1) is 12.8 Å². The third-order valence-electron chi connectivity index (χ3n) is 2.93. The van der Waals surface area contributed by atoms with E-state index in [-0.39, 0.29) is 0 Å². The maximum absolute atomic E-state index is 5.88. The molecule has 0 spiro atoms. The number of ether oxygens (including phenoxy) is 1. The summed E-state index contributed by atoms with van der Waals surface area (Å²) in [6.07, 6.45) is 3.68. The first-order valence-corrected chi connectivity index (χ1v) is 5.87. The second kappa shape index (κ2) is 4.74. The summed E-state index contributed by atoms with van der Waals surface area (Å²) in [5.74, 6) is 0.756. The van der Waals surface area contributed by atoms with Crippen molar-refractivity contribution in [3.63, 3.8) is 0 Å². The van der Waals surface area contributed by atoms with Gasteiger partial charge in [-0.25, -0.2) is 0 Å². The average Bonchev–Trinajstić information content (AvgIpc) is 3.01. The molecular formula is C13H20N2O. The molecule has 1 aliphatic carbocycles. The molecule has 1 saturated carbocycles. The molecule has 88 valence electrons. The fraction of sp³-hybridized carbons (Fsp3) is 0.538. The Kier molecular flexibility index (Phi) is 3.34. The maximum atomic E-state index is 5.88. The lowest BCUT2D eigenvalue weighted by Gasteiger charge is -2.14. The lowest BCUT2D eigenvalue weighted by molar-refractivity contribution is 0.416. The minimum atomic E-state index is 0.514. The van der Waals surface area contributed by atoms with Gasteiger partial charge in [-0.3, -0.25) is 0 Å². The quantitative estimate of drug-likeness (QED) is 0.746. The molecule has 0 aliphatic heterocycles. The first-order valence-electron chi connectivity index (χ1n) is 5.87. The van der Waals surface area contributed by atoms with Gasteiger partial charge in [-0.2, -0.15) is 0 Å². The molecule has 0 radical (unpaired) electrons. The van der Waals surface area contributed by atoms with Crippen LogP contribution in [0.4, 0.5) is 5.69 Å². The van der Waals surface area contributed by atoms with Gasteiger partial charge in [0.15, 0.2) is 0 Å². The van der Waals surface area contributed by atoms with Gasteiger partial charge < -0.3 is 15.8 Å². The van der Waals surface area contributed by atoms with Crippen molar-refractivity contribution in [1.82, 2.24) is 5.32 Å². The molecule has 3 N–H and O–H groups in total. The molecule has 1 atom stereocenters. The van der Waals surface area contributed by atoms with Crippen LogP contribution in [0.3, 0.4) is 0 Å². The molecule has 1 aromatic rings. The van der Waals surface area contributed by atoms with Crippen molar-refractivity contribution in [2.75, 3.05) is 12.8 Å². The van der Waals surface area contributed by atoms with E-state index in [2.05, 4.69) is 18.3 Å². The fourth-order valence-electron chi connectivity index (χ4n) is 1.98. The van der Waals surface area contributed by atoms with Gasteiger partial charge >= 0.3 is 0 Å². The van der Waals surface area contributed by atoms with Crippen molar-refractivity contribution in [3.8, 4) is 5.75 Å². The third-order valence-corrected chi connectivity index (χ3v) is 2.93. The zero-order valence-electron chi connectivity index (χ0n) is 9.99. The minimum Gasteiger partial charge on any atom is -0.495 e. The minimum absolute atomic E-state index is 0.514. The Balaban J connectivity index is 1.95. The Hall–Kier alpha value is -1.22. The standard InChI is InChI=1S/C13H20N2O/c1-9(15-11-4-5-11)7-10-3-6-13(16-2)12(14)8-10/h3,6,8-9,11,15H,4-5,7,14H2,1-2H3. The highest BCUT2D eigenvalue weighted by Crippen LogP contribution is 2.23. The van der Waals surface area contributed by atoms with Gasteiger partial charge in [0.25, 0.3) is 0 Å². The summed E-state index contributed by atoms with van der Waals surface area (Å²) in [7, 11) is 1.64. The van der Waals surface area contributed by atoms with E-state index in [1.165, 1.54) is 18.4 Å². The zero-order chi connectivity index (χ0) is 11.5. The van der Waals surface area contributed by atoms with E-state index in [0.29, 0.717) is 6.04 Å². The van der Waals surface area contributed by atoms with Gasteiger partial charge in [0.1, 0.15) is 5.75 Å². The summed E-state index contributed by atoms with van der Waals surface area (Å²) in [6.45, 7) is 2.22. The number of hydrogen-bond donors (Lipinski definition) is 2. The lowest BCUT2D eigenvalue weighted by atomic mass is 10.1. The van der Waals surface area contributed by atoms with E-state index < -0.39 is 0 Å². The molecule has 3 nitrogen and oxygen atoms in total. The predicted molar refractivity (Wildman–Crippen MR) is 66.7 cm³/mol. The maximum Gasteiger partial charge on any atom is 0.141 e. The molecule has 16 heavy (non-hydrogen) atoms. The van der Waals surface area contributed by atoms with Crippen LogP contribution in [-0.2, 0) is 6.42 Å². The first kappa shape index (κ1) is 11.3. The van der Waals surface area contributed by atoms with Gasteiger partial charge in [-0.1, -0.05) is 6.07 Å². The van der Waals surface area contributed by atoms with Crippen LogP contribution in [0, 0.1) is 0 Å². The number of nitrogens with two attached hydrogens (primary N) is 1. The Morgan fingerprint density at radius 1 is 1.50 bits per heavy atom. The molecule has 1 aliphatic rings. The summed E-state index contributed by atoms with van der Waals surface area (Å²) >= 11 is 0. The normalized spacial score (nSPS) is 17.1. The molecule has 0 saturated heterocycles. The number of anilines is 1. The summed E-state index contributed by atoms with van der Waals surface area (Å²) in [5, 5.41) is 3.58. The second-order valence-electron chi connectivity index (χ2n) is 4.62. The van der Waals surface area contributed by atoms with E-state index in [0.717, 1.165) is 23.9 Å². The van der Waals surface area contributed by atoms with Crippen LogP contribution in [-0.4, -0.2) is 19.2 Å². The van der Waals surface area contributed by atoms with Crippen molar-refractivity contribution < 1.29 is 4.74 Å². The molecule has 1 fully saturated rings. The highest BCUT2D eigenvalue weighted by atomic mass is 16.5. The van der Waals surface area contributed by atoms with Crippen LogP contribution in [0.25, 0.3) is 0 Å². The lowest BCUT2D eigenvalue weighted by Crippen LogP contribution is -2.29. The van der Waals surface area contributed by atoms with Gasteiger partial charge in [-0.15, -0.1) is 0 Å². The summed E-state index contributed by atoms with van der Waals surface area (Å²) < 4.78 is 5.14. The first-order chi connectivity index (χ1) is 7.69. The highest BCUT2D eigenvalue weighted by molar-refractivity contribution is 5.54. The van der Waals surface area contributed by atoms with E-state index in [1.807, 2.05) is 12.1 Å². The highest BCUT2D eigenvalue weighted by Gasteiger charge is 2.22. The molecular weight excluding hydrogens is 200 g/mol. The monoisotopic (exact) mass is 220 g/mol. The Morgan fingerprint density at radius 2 is 2.25 bits per heavy atom. The average molecular weight is 220 g/mol. The van der Waals surface area contributed by atoms with Crippen LogP contribution in [0.2, 0.25) is 0 Å². The van der Waals surface area contributed by atoms with Crippen molar-refractivity contribution in [2.45, 2.75) is 38.3 Å². The van der Waals surface area contributed by atoms with Gasteiger partial charge in [0.2, 0.25) is 0 Å². The van der Waals surface area contributed by atoms with E-state index in [1.54, 1.807) is 7.11 Å². The number of methoxy groups -OCH3 is 1. The zero-order valence-corrected chi connectivity index (χ0v) is 9.99. The van der Waals surface area contributed by atoms with Gasteiger partial charge in [0, 0.05) is 12.1 Å². The molecule has 0 aromatic heterocycles. The van der Waals surface area contributed by atoms with E-state index in [4.69, 9.17) is 10.5 Å². The van der Waals surface area contributed by atoms with Crippen LogP contribution < -0.4 is 15.8 Å². The number of nitrogen functional groups attached to an aromatic ring is 1. The summed E-state index contributed by atoms with van der Waals surface area (Å²) in [4.78, 5) is 0.